The molecular weight excluding hydrogens is 200 g/mol. The zero-order chi connectivity index (χ0) is 12.0. The summed E-state index contributed by atoms with van der Waals surface area (Å²) in [4.78, 5) is 2.25. The van der Waals surface area contributed by atoms with E-state index in [2.05, 4.69) is 31.2 Å². The molecule has 0 aromatic heterocycles. The molecule has 1 N–H and O–H groups in total. The maximum Gasteiger partial charge on any atom is 0.0586 e. The summed E-state index contributed by atoms with van der Waals surface area (Å²) in [6.45, 7) is 3.45. The lowest BCUT2D eigenvalue weighted by Gasteiger charge is -2.31. The van der Waals surface area contributed by atoms with E-state index in [1.807, 2.05) is 7.11 Å². The van der Waals surface area contributed by atoms with Gasteiger partial charge in [0.1, 0.15) is 0 Å². The van der Waals surface area contributed by atoms with Crippen LogP contribution in [0.5, 0.6) is 0 Å². The van der Waals surface area contributed by atoms with Crippen molar-refractivity contribution in [3.8, 4) is 0 Å². The highest BCUT2D eigenvalue weighted by atomic mass is 16.5. The van der Waals surface area contributed by atoms with Gasteiger partial charge in [-0.25, -0.2) is 0 Å². The molecular formula is C13H28N2O. The van der Waals surface area contributed by atoms with Gasteiger partial charge < -0.3 is 15.0 Å². The van der Waals surface area contributed by atoms with Crippen molar-refractivity contribution in [1.82, 2.24) is 10.2 Å². The molecule has 3 nitrogen and oxygen atoms in total. The van der Waals surface area contributed by atoms with Crippen LogP contribution in [0.15, 0.2) is 0 Å². The molecule has 0 bridgehead atoms. The third-order valence-electron chi connectivity index (χ3n) is 3.49. The minimum Gasteiger partial charge on any atom is -0.381 e. The fourth-order valence-corrected chi connectivity index (χ4v) is 2.45. The SMILES string of the molecule is COC1CCCC(NC(C)CCN(C)C)C1. The summed E-state index contributed by atoms with van der Waals surface area (Å²) in [5.74, 6) is 0. The number of hydrogen-bond donors (Lipinski definition) is 1. The first kappa shape index (κ1) is 13.9. The van der Waals surface area contributed by atoms with Crippen molar-refractivity contribution in [2.75, 3.05) is 27.7 Å². The standard InChI is InChI=1S/C13H28N2O/c1-11(8-9-15(2)3)14-12-6-5-7-13(10-12)16-4/h11-14H,5-10H2,1-4H3. The Morgan fingerprint density at radius 1 is 1.38 bits per heavy atom. The summed E-state index contributed by atoms with van der Waals surface area (Å²) >= 11 is 0. The molecule has 0 spiro atoms. The molecule has 0 aromatic carbocycles. The van der Waals surface area contributed by atoms with Gasteiger partial charge in [0.25, 0.3) is 0 Å². The molecule has 3 unspecified atom stereocenters. The summed E-state index contributed by atoms with van der Waals surface area (Å²) in [6.07, 6.45) is 6.74. The van der Waals surface area contributed by atoms with E-state index in [0.29, 0.717) is 18.2 Å². The number of nitrogens with zero attached hydrogens (tertiary/aromatic N) is 1. The van der Waals surface area contributed by atoms with E-state index in [1.54, 1.807) is 0 Å². The lowest BCUT2D eigenvalue weighted by molar-refractivity contribution is 0.0569. The molecule has 16 heavy (non-hydrogen) atoms. The molecule has 96 valence electrons. The quantitative estimate of drug-likeness (QED) is 0.751. The maximum absolute atomic E-state index is 5.45. The number of nitrogens with one attached hydrogen (secondary N) is 1. The molecule has 0 radical (unpaired) electrons. The van der Waals surface area contributed by atoms with Gasteiger partial charge in [-0.2, -0.15) is 0 Å². The molecule has 0 amide bonds. The van der Waals surface area contributed by atoms with Gasteiger partial charge in [0.15, 0.2) is 0 Å². The first-order valence-corrected chi connectivity index (χ1v) is 6.55. The summed E-state index contributed by atoms with van der Waals surface area (Å²) in [7, 11) is 6.10. The smallest absolute Gasteiger partial charge is 0.0586 e. The third-order valence-corrected chi connectivity index (χ3v) is 3.49. The van der Waals surface area contributed by atoms with Crippen LogP contribution in [0, 0.1) is 0 Å². The van der Waals surface area contributed by atoms with Crippen LogP contribution in [0.3, 0.4) is 0 Å². The highest BCUT2D eigenvalue weighted by Crippen LogP contribution is 2.21. The molecule has 1 aliphatic carbocycles. The fourth-order valence-electron chi connectivity index (χ4n) is 2.45. The monoisotopic (exact) mass is 228 g/mol. The predicted molar refractivity (Wildman–Crippen MR) is 68.8 cm³/mol. The van der Waals surface area contributed by atoms with Crippen LogP contribution in [-0.2, 0) is 4.74 Å². The van der Waals surface area contributed by atoms with Gasteiger partial charge >= 0.3 is 0 Å². The summed E-state index contributed by atoms with van der Waals surface area (Å²) in [5.41, 5.74) is 0. The lowest BCUT2D eigenvalue weighted by atomic mass is 9.92. The second-order valence-electron chi connectivity index (χ2n) is 5.38. The topological polar surface area (TPSA) is 24.5 Å². The van der Waals surface area contributed by atoms with E-state index in [-0.39, 0.29) is 0 Å². The Morgan fingerprint density at radius 2 is 2.12 bits per heavy atom. The van der Waals surface area contributed by atoms with Gasteiger partial charge in [0.05, 0.1) is 6.10 Å². The van der Waals surface area contributed by atoms with E-state index in [4.69, 9.17) is 4.74 Å². The Bertz CT molecular complexity index is 185. The molecule has 3 heteroatoms. The van der Waals surface area contributed by atoms with E-state index in [0.717, 1.165) is 6.54 Å². The minimum atomic E-state index is 0.479. The van der Waals surface area contributed by atoms with Crippen molar-refractivity contribution in [2.45, 2.75) is 57.2 Å². The van der Waals surface area contributed by atoms with Gasteiger partial charge in [0.2, 0.25) is 0 Å². The fraction of sp³-hybridized carbons (Fsp3) is 1.00. The van der Waals surface area contributed by atoms with Gasteiger partial charge in [-0.15, -0.1) is 0 Å². The van der Waals surface area contributed by atoms with Crippen molar-refractivity contribution >= 4 is 0 Å². The Labute approximate surface area is 101 Å². The number of rotatable bonds is 6. The van der Waals surface area contributed by atoms with Crippen LogP contribution in [0.2, 0.25) is 0 Å². The second kappa shape index (κ2) is 7.25. The van der Waals surface area contributed by atoms with Crippen molar-refractivity contribution in [1.29, 1.82) is 0 Å². The minimum absolute atomic E-state index is 0.479. The second-order valence-corrected chi connectivity index (χ2v) is 5.38. The molecule has 0 heterocycles. The average Bonchev–Trinajstić information content (AvgIpc) is 2.26. The lowest BCUT2D eigenvalue weighted by Crippen LogP contribution is -2.42. The Morgan fingerprint density at radius 3 is 2.75 bits per heavy atom. The molecule has 3 atom stereocenters. The zero-order valence-electron chi connectivity index (χ0n) is 11.3. The van der Waals surface area contributed by atoms with Crippen LogP contribution in [0.4, 0.5) is 0 Å². The van der Waals surface area contributed by atoms with Crippen molar-refractivity contribution in [3.05, 3.63) is 0 Å². The van der Waals surface area contributed by atoms with Crippen LogP contribution < -0.4 is 5.32 Å². The molecule has 0 saturated heterocycles. The Hall–Kier alpha value is -0.120. The number of methoxy groups -OCH3 is 1. The van der Waals surface area contributed by atoms with Crippen molar-refractivity contribution in [3.63, 3.8) is 0 Å². The van der Waals surface area contributed by atoms with Crippen LogP contribution >= 0.6 is 0 Å². The molecule has 1 aliphatic rings. The maximum atomic E-state index is 5.45. The third kappa shape index (κ3) is 5.28. The van der Waals surface area contributed by atoms with Crippen molar-refractivity contribution < 1.29 is 4.74 Å². The van der Waals surface area contributed by atoms with Gasteiger partial charge in [-0.3, -0.25) is 0 Å². The Balaban J connectivity index is 2.19. The zero-order valence-corrected chi connectivity index (χ0v) is 11.3. The molecule has 1 rings (SSSR count). The Kier molecular flexibility index (Phi) is 6.32. The highest BCUT2D eigenvalue weighted by Gasteiger charge is 2.22. The first-order valence-electron chi connectivity index (χ1n) is 6.55. The van der Waals surface area contributed by atoms with Crippen LogP contribution in [0.25, 0.3) is 0 Å². The van der Waals surface area contributed by atoms with Gasteiger partial charge in [-0.1, -0.05) is 0 Å². The summed E-state index contributed by atoms with van der Waals surface area (Å²) < 4.78 is 5.45. The number of ether oxygens (including phenoxy) is 1. The average molecular weight is 228 g/mol. The van der Waals surface area contributed by atoms with E-state index < -0.39 is 0 Å². The largest absolute Gasteiger partial charge is 0.381 e. The van der Waals surface area contributed by atoms with Gasteiger partial charge in [0, 0.05) is 19.2 Å². The summed E-state index contributed by atoms with van der Waals surface area (Å²) in [6, 6.07) is 1.28. The molecule has 1 saturated carbocycles. The van der Waals surface area contributed by atoms with E-state index in [1.165, 1.54) is 32.1 Å². The molecule has 0 aliphatic heterocycles. The van der Waals surface area contributed by atoms with Crippen LogP contribution in [0.1, 0.15) is 39.0 Å². The van der Waals surface area contributed by atoms with E-state index in [9.17, 15) is 0 Å². The summed E-state index contributed by atoms with van der Waals surface area (Å²) in [5, 5.41) is 3.73. The molecule has 0 aromatic rings. The van der Waals surface area contributed by atoms with E-state index >= 15 is 0 Å². The normalized spacial score (nSPS) is 28.3. The highest BCUT2D eigenvalue weighted by molar-refractivity contribution is 4.80. The van der Waals surface area contributed by atoms with Gasteiger partial charge in [-0.05, 0) is 59.7 Å². The first-order chi connectivity index (χ1) is 7.61. The predicted octanol–water partition coefficient (Wildman–Crippen LogP) is 1.87. The number of hydrogen-bond acceptors (Lipinski definition) is 3. The molecule has 1 fully saturated rings. The van der Waals surface area contributed by atoms with Crippen molar-refractivity contribution in [2.24, 2.45) is 0 Å². The van der Waals surface area contributed by atoms with Crippen LogP contribution in [-0.4, -0.2) is 50.8 Å².